The molecule has 40 heavy (non-hydrogen) atoms. The minimum Gasteiger partial charge on any atom is -0.385 e. The van der Waals surface area contributed by atoms with Crippen LogP contribution in [0.5, 0.6) is 0 Å². The van der Waals surface area contributed by atoms with E-state index in [9.17, 15) is 14.0 Å². The van der Waals surface area contributed by atoms with Gasteiger partial charge in [0.25, 0.3) is 0 Å². The van der Waals surface area contributed by atoms with Crippen molar-refractivity contribution in [1.29, 1.82) is 0 Å². The van der Waals surface area contributed by atoms with Gasteiger partial charge in [0.15, 0.2) is 0 Å². The summed E-state index contributed by atoms with van der Waals surface area (Å²) in [6, 6.07) is 23.1. The lowest BCUT2D eigenvalue weighted by Crippen LogP contribution is -2.42. The first-order valence-electron chi connectivity index (χ1n) is 12.8. The van der Waals surface area contributed by atoms with Crippen molar-refractivity contribution in [1.82, 2.24) is 15.1 Å². The van der Waals surface area contributed by atoms with Crippen molar-refractivity contribution in [3.8, 4) is 16.9 Å². The van der Waals surface area contributed by atoms with E-state index in [4.69, 9.17) is 21.4 Å². The number of carbonyl (C=O) groups is 2. The summed E-state index contributed by atoms with van der Waals surface area (Å²) in [5, 5.41) is 8.07. The van der Waals surface area contributed by atoms with E-state index in [0.717, 1.165) is 16.7 Å². The van der Waals surface area contributed by atoms with E-state index in [-0.39, 0.29) is 29.4 Å². The second-order valence-electron chi connectivity index (χ2n) is 9.23. The van der Waals surface area contributed by atoms with Gasteiger partial charge in [-0.1, -0.05) is 60.1 Å². The average molecular weight is 579 g/mol. The Balaban J connectivity index is 1.71. The SMILES string of the molecule is COCCCNC(=O)CN1C(=O)CS[C@H](c2ccccc2Cl)c2c(-c3ccccc3)nn(-c3ccc(F)cc3)c21. The number of hydrogen-bond donors (Lipinski definition) is 1. The van der Waals surface area contributed by atoms with Crippen LogP contribution in [0.3, 0.4) is 0 Å². The van der Waals surface area contributed by atoms with Crippen LogP contribution in [-0.4, -0.2) is 54.2 Å². The van der Waals surface area contributed by atoms with Gasteiger partial charge < -0.3 is 10.1 Å². The summed E-state index contributed by atoms with van der Waals surface area (Å²) in [6.45, 7) is 0.738. The third-order valence-corrected chi connectivity index (χ3v) is 8.13. The monoisotopic (exact) mass is 578 g/mol. The molecule has 1 N–H and O–H groups in total. The van der Waals surface area contributed by atoms with E-state index in [0.29, 0.717) is 41.8 Å². The standard InChI is InChI=1S/C30H28ClFN4O3S/c1-39-17-7-16-33-25(37)18-35-26(38)19-40-29(23-10-5-6-11-24(23)31)27-28(20-8-3-2-4-9-20)34-36(30(27)35)22-14-12-21(32)13-15-22/h2-6,8-15,29H,7,16-19H2,1H3,(H,33,37)/t29-/m1/s1. The average Bonchev–Trinajstić information content (AvgIpc) is 3.29. The van der Waals surface area contributed by atoms with Crippen molar-refractivity contribution in [2.75, 3.05) is 37.5 Å². The molecule has 0 radical (unpaired) electrons. The molecule has 1 aromatic heterocycles. The van der Waals surface area contributed by atoms with Gasteiger partial charge in [0.1, 0.15) is 18.2 Å². The van der Waals surface area contributed by atoms with Gasteiger partial charge in [0.2, 0.25) is 11.8 Å². The minimum absolute atomic E-state index is 0.124. The normalized spacial score (nSPS) is 15.0. The van der Waals surface area contributed by atoms with Crippen LogP contribution in [0.1, 0.15) is 22.8 Å². The molecule has 0 saturated heterocycles. The molecular weight excluding hydrogens is 551 g/mol. The Hall–Kier alpha value is -3.66. The van der Waals surface area contributed by atoms with Gasteiger partial charge in [-0.2, -0.15) is 5.10 Å². The fraction of sp³-hybridized carbons (Fsp3) is 0.233. The van der Waals surface area contributed by atoms with Crippen molar-refractivity contribution in [3.05, 3.63) is 101 Å². The summed E-state index contributed by atoms with van der Waals surface area (Å²) >= 11 is 8.14. The molecule has 2 amide bonds. The fourth-order valence-corrected chi connectivity index (χ4v) is 6.21. The molecule has 0 unspecified atom stereocenters. The van der Waals surface area contributed by atoms with Crippen LogP contribution in [0.4, 0.5) is 10.2 Å². The van der Waals surface area contributed by atoms with Crippen LogP contribution in [0, 0.1) is 5.82 Å². The first-order valence-corrected chi connectivity index (χ1v) is 14.3. The van der Waals surface area contributed by atoms with Crippen molar-refractivity contribution in [2.24, 2.45) is 0 Å². The molecule has 4 aromatic rings. The molecule has 0 spiro atoms. The van der Waals surface area contributed by atoms with Crippen LogP contribution in [-0.2, 0) is 14.3 Å². The quantitative estimate of drug-likeness (QED) is 0.260. The van der Waals surface area contributed by atoms with Gasteiger partial charge in [0, 0.05) is 36.4 Å². The highest BCUT2D eigenvalue weighted by molar-refractivity contribution is 8.00. The van der Waals surface area contributed by atoms with Gasteiger partial charge in [0.05, 0.1) is 22.4 Å². The number of fused-ring (bicyclic) bond motifs is 1. The highest BCUT2D eigenvalue weighted by Crippen LogP contribution is 2.49. The molecule has 0 aliphatic carbocycles. The summed E-state index contributed by atoms with van der Waals surface area (Å²) in [4.78, 5) is 28.2. The number of methoxy groups -OCH3 is 1. The number of benzene rings is 3. The first-order chi connectivity index (χ1) is 19.5. The van der Waals surface area contributed by atoms with Gasteiger partial charge in [-0.05, 0) is 42.3 Å². The van der Waals surface area contributed by atoms with E-state index in [1.807, 2.05) is 54.6 Å². The summed E-state index contributed by atoms with van der Waals surface area (Å²) in [5.41, 5.74) is 3.65. The lowest BCUT2D eigenvalue weighted by Gasteiger charge is -2.23. The number of nitrogens with one attached hydrogen (secondary N) is 1. The van der Waals surface area contributed by atoms with Crippen molar-refractivity contribution in [3.63, 3.8) is 0 Å². The number of aromatic nitrogens is 2. The molecule has 10 heteroatoms. The van der Waals surface area contributed by atoms with Gasteiger partial charge >= 0.3 is 0 Å². The molecule has 0 bridgehead atoms. The van der Waals surface area contributed by atoms with Gasteiger partial charge in [-0.25, -0.2) is 9.07 Å². The third-order valence-electron chi connectivity index (χ3n) is 6.54. The number of ether oxygens (including phenoxy) is 1. The first kappa shape index (κ1) is 27.9. The Kier molecular flexibility index (Phi) is 8.84. The van der Waals surface area contributed by atoms with Crippen molar-refractivity contribution < 1.29 is 18.7 Å². The Labute approximate surface area is 241 Å². The van der Waals surface area contributed by atoms with E-state index in [2.05, 4.69) is 5.32 Å². The lowest BCUT2D eigenvalue weighted by molar-refractivity contribution is -0.122. The summed E-state index contributed by atoms with van der Waals surface area (Å²) in [6.07, 6.45) is 0.650. The van der Waals surface area contributed by atoms with E-state index < -0.39 is 5.82 Å². The highest BCUT2D eigenvalue weighted by atomic mass is 35.5. The van der Waals surface area contributed by atoms with E-state index >= 15 is 0 Å². The van der Waals surface area contributed by atoms with Crippen LogP contribution in [0.2, 0.25) is 5.02 Å². The number of nitrogens with zero attached hydrogens (tertiary/aromatic N) is 3. The number of halogens is 2. The van der Waals surface area contributed by atoms with Crippen LogP contribution in [0.25, 0.3) is 16.9 Å². The van der Waals surface area contributed by atoms with Crippen LogP contribution in [0.15, 0.2) is 78.9 Å². The zero-order valence-corrected chi connectivity index (χ0v) is 23.4. The smallest absolute Gasteiger partial charge is 0.240 e. The van der Waals surface area contributed by atoms with Crippen LogP contribution >= 0.6 is 23.4 Å². The number of rotatable bonds is 9. The predicted molar refractivity (Wildman–Crippen MR) is 157 cm³/mol. The Morgan fingerprint density at radius 1 is 1.10 bits per heavy atom. The van der Waals surface area contributed by atoms with Crippen LogP contribution < -0.4 is 10.2 Å². The molecular formula is C30H28ClFN4O3S. The number of thioether (sulfide) groups is 1. The molecule has 3 aromatic carbocycles. The largest absolute Gasteiger partial charge is 0.385 e. The Bertz CT molecular complexity index is 1500. The molecule has 2 heterocycles. The zero-order valence-electron chi connectivity index (χ0n) is 21.8. The lowest BCUT2D eigenvalue weighted by atomic mass is 9.99. The van der Waals surface area contributed by atoms with Crippen molar-refractivity contribution in [2.45, 2.75) is 11.7 Å². The molecule has 1 aliphatic rings. The van der Waals surface area contributed by atoms with Gasteiger partial charge in [-0.3, -0.25) is 14.5 Å². The maximum absolute atomic E-state index is 13.9. The maximum Gasteiger partial charge on any atom is 0.240 e. The number of carbonyl (C=O) groups excluding carboxylic acids is 2. The van der Waals surface area contributed by atoms with E-state index in [1.165, 1.54) is 28.8 Å². The van der Waals surface area contributed by atoms with Gasteiger partial charge in [-0.15, -0.1) is 11.8 Å². The zero-order chi connectivity index (χ0) is 28.1. The topological polar surface area (TPSA) is 76.5 Å². The Morgan fingerprint density at radius 2 is 1.82 bits per heavy atom. The molecule has 206 valence electrons. The predicted octanol–water partition coefficient (Wildman–Crippen LogP) is 5.65. The molecule has 0 saturated carbocycles. The van der Waals surface area contributed by atoms with E-state index in [1.54, 1.807) is 23.9 Å². The molecule has 1 atom stereocenters. The van der Waals surface area contributed by atoms with Crippen molar-refractivity contribution >= 4 is 41.0 Å². The second-order valence-corrected chi connectivity index (χ2v) is 10.7. The molecule has 7 nitrogen and oxygen atoms in total. The summed E-state index contributed by atoms with van der Waals surface area (Å²) in [7, 11) is 1.60. The maximum atomic E-state index is 13.9. The third kappa shape index (κ3) is 5.91. The Morgan fingerprint density at radius 3 is 2.55 bits per heavy atom. The molecule has 1 aliphatic heterocycles. The highest BCUT2D eigenvalue weighted by Gasteiger charge is 2.38. The summed E-state index contributed by atoms with van der Waals surface area (Å²) < 4.78 is 20.6. The number of hydrogen-bond acceptors (Lipinski definition) is 5. The number of anilines is 1. The number of amides is 2. The summed E-state index contributed by atoms with van der Waals surface area (Å²) in [5.74, 6) is -0.352. The second kappa shape index (κ2) is 12.7. The molecule has 5 rings (SSSR count). The molecule has 0 fully saturated rings. The fourth-order valence-electron chi connectivity index (χ4n) is 4.67. The minimum atomic E-state index is -0.391.